The highest BCUT2D eigenvalue weighted by molar-refractivity contribution is 6.42. The van der Waals surface area contributed by atoms with Crippen molar-refractivity contribution in [3.63, 3.8) is 0 Å². The molecule has 0 spiro atoms. The van der Waals surface area contributed by atoms with Gasteiger partial charge in [-0.25, -0.2) is 0 Å². The molecule has 0 radical (unpaired) electrons. The van der Waals surface area contributed by atoms with Crippen LogP contribution in [0.2, 0.25) is 10.0 Å². The Hall–Kier alpha value is -4.74. The highest BCUT2D eigenvalue weighted by atomic mass is 35.5. The fraction of sp³-hybridized carbons (Fsp3) is 0.0769. The Balaban J connectivity index is 1.42. The Morgan fingerprint density at radius 3 is 2.49 bits per heavy atom. The summed E-state index contributed by atoms with van der Waals surface area (Å²) in [5.41, 5.74) is 3.34. The molecule has 0 saturated carbocycles. The number of H-pyrrole nitrogens is 1. The fourth-order valence-corrected chi connectivity index (χ4v) is 4.03. The second-order valence-electron chi connectivity index (χ2n) is 8.27. The first-order valence-electron chi connectivity index (χ1n) is 11.5. The fourth-order valence-electron chi connectivity index (χ4n) is 3.74. The molecule has 0 aliphatic heterocycles. The molecule has 39 heavy (non-hydrogen) atoms. The highest BCUT2D eigenvalue weighted by Gasteiger charge is 2.18. The summed E-state index contributed by atoms with van der Waals surface area (Å²) in [5.74, 6) is -0.0659. The molecule has 13 heteroatoms. The first-order chi connectivity index (χ1) is 18.9. The van der Waals surface area contributed by atoms with Gasteiger partial charge in [0.05, 0.1) is 29.4 Å². The molecule has 0 aliphatic rings. The maximum atomic E-state index is 13.4. The van der Waals surface area contributed by atoms with Crippen LogP contribution >= 0.6 is 23.2 Å². The van der Waals surface area contributed by atoms with Gasteiger partial charge in [-0.2, -0.15) is 10.3 Å². The molecule has 5 rings (SSSR count). The molecule has 0 bridgehead atoms. The molecule has 3 N–H and O–H groups in total. The van der Waals surface area contributed by atoms with Gasteiger partial charge < -0.3 is 10.1 Å². The van der Waals surface area contributed by atoms with Crippen LogP contribution in [-0.4, -0.2) is 49.3 Å². The number of carbonyl (C=O) groups is 2. The third-order valence-corrected chi connectivity index (χ3v) is 6.41. The van der Waals surface area contributed by atoms with Crippen molar-refractivity contribution in [2.75, 3.05) is 17.7 Å². The van der Waals surface area contributed by atoms with Crippen LogP contribution in [0.3, 0.4) is 0 Å². The van der Waals surface area contributed by atoms with Gasteiger partial charge in [-0.05, 0) is 53.2 Å². The standard InChI is InChI=1S/C26H20Cl2N8O3/c1-39-19-4-2-3-18(12-19)29-25(38)23-13-22(17-9-10-20(27)21(28)11-17)33-36(23)14-15-5-7-16(8-6-15)24(37)30-26-31-34-35-32-26/h2-13H,14H2,1H3,(H,29,38)(H2,30,31,32,34,35,37). The van der Waals surface area contributed by atoms with E-state index in [0.29, 0.717) is 44.0 Å². The van der Waals surface area contributed by atoms with Crippen molar-refractivity contribution >= 4 is 46.7 Å². The summed E-state index contributed by atoms with van der Waals surface area (Å²) in [7, 11) is 1.56. The van der Waals surface area contributed by atoms with E-state index in [1.807, 2.05) is 0 Å². The number of ether oxygens (including phenoxy) is 1. The number of anilines is 2. The topological polar surface area (TPSA) is 140 Å². The van der Waals surface area contributed by atoms with E-state index < -0.39 is 0 Å². The summed E-state index contributed by atoms with van der Waals surface area (Å²) < 4.78 is 6.84. The molecule has 0 fully saturated rings. The zero-order valence-corrected chi connectivity index (χ0v) is 21.9. The third-order valence-electron chi connectivity index (χ3n) is 5.67. The predicted molar refractivity (Wildman–Crippen MR) is 146 cm³/mol. The smallest absolute Gasteiger partial charge is 0.273 e. The number of amides is 2. The van der Waals surface area contributed by atoms with Crippen LogP contribution in [0.15, 0.2) is 72.8 Å². The molecule has 11 nitrogen and oxygen atoms in total. The van der Waals surface area contributed by atoms with Gasteiger partial charge in [-0.1, -0.05) is 52.6 Å². The lowest BCUT2D eigenvalue weighted by molar-refractivity contribution is 0.101. The van der Waals surface area contributed by atoms with Crippen LogP contribution in [0.1, 0.15) is 26.4 Å². The van der Waals surface area contributed by atoms with Gasteiger partial charge >= 0.3 is 0 Å². The Morgan fingerprint density at radius 2 is 1.77 bits per heavy atom. The number of aromatic nitrogens is 6. The summed E-state index contributed by atoms with van der Waals surface area (Å²) in [6.07, 6.45) is 0. The minimum absolute atomic E-state index is 0.0714. The zero-order chi connectivity index (χ0) is 27.4. The number of nitrogens with one attached hydrogen (secondary N) is 3. The lowest BCUT2D eigenvalue weighted by Gasteiger charge is -2.10. The molecule has 2 heterocycles. The number of benzene rings is 3. The van der Waals surface area contributed by atoms with E-state index in [0.717, 1.165) is 5.56 Å². The zero-order valence-electron chi connectivity index (χ0n) is 20.4. The lowest BCUT2D eigenvalue weighted by Crippen LogP contribution is -2.18. The minimum Gasteiger partial charge on any atom is -0.497 e. The van der Waals surface area contributed by atoms with Crippen molar-refractivity contribution in [3.05, 3.63) is 99.7 Å². The maximum Gasteiger partial charge on any atom is 0.273 e. The van der Waals surface area contributed by atoms with Crippen LogP contribution in [0.5, 0.6) is 5.75 Å². The van der Waals surface area contributed by atoms with Crippen molar-refractivity contribution in [2.45, 2.75) is 6.54 Å². The van der Waals surface area contributed by atoms with Crippen molar-refractivity contribution in [3.8, 4) is 17.0 Å². The van der Waals surface area contributed by atoms with Crippen LogP contribution in [0, 0.1) is 0 Å². The summed E-state index contributed by atoms with van der Waals surface area (Å²) in [5, 5.41) is 24.0. The monoisotopic (exact) mass is 562 g/mol. The Labute approximate surface area is 232 Å². The molecule has 0 aliphatic carbocycles. The van der Waals surface area contributed by atoms with Crippen molar-refractivity contribution < 1.29 is 14.3 Å². The molecule has 0 saturated heterocycles. The Kier molecular flexibility index (Phi) is 7.53. The van der Waals surface area contributed by atoms with E-state index in [-0.39, 0.29) is 24.3 Å². The van der Waals surface area contributed by atoms with Gasteiger partial charge in [0.25, 0.3) is 17.8 Å². The van der Waals surface area contributed by atoms with Gasteiger partial charge in [0, 0.05) is 22.9 Å². The molecular formula is C26H20Cl2N8O3. The second kappa shape index (κ2) is 11.3. The van der Waals surface area contributed by atoms with Gasteiger partial charge in [0.15, 0.2) is 0 Å². The van der Waals surface area contributed by atoms with Crippen LogP contribution < -0.4 is 15.4 Å². The van der Waals surface area contributed by atoms with Crippen LogP contribution in [0.4, 0.5) is 11.6 Å². The van der Waals surface area contributed by atoms with Gasteiger partial charge in [-0.3, -0.25) is 19.6 Å². The van der Waals surface area contributed by atoms with Gasteiger partial charge in [0.1, 0.15) is 11.4 Å². The quantitative estimate of drug-likeness (QED) is 0.243. The van der Waals surface area contributed by atoms with E-state index in [4.69, 9.17) is 27.9 Å². The largest absolute Gasteiger partial charge is 0.497 e. The normalized spacial score (nSPS) is 10.7. The van der Waals surface area contributed by atoms with Crippen LogP contribution in [-0.2, 0) is 6.54 Å². The van der Waals surface area contributed by atoms with E-state index in [1.54, 1.807) is 84.6 Å². The Morgan fingerprint density at radius 1 is 0.949 bits per heavy atom. The van der Waals surface area contributed by atoms with Crippen LogP contribution in [0.25, 0.3) is 11.3 Å². The average Bonchev–Trinajstić information content (AvgIpc) is 3.61. The Bertz CT molecular complexity index is 1640. The number of nitrogens with zero attached hydrogens (tertiary/aromatic N) is 5. The summed E-state index contributed by atoms with van der Waals surface area (Å²) >= 11 is 12.3. The molecule has 0 atom stereocenters. The van der Waals surface area contributed by atoms with Crippen molar-refractivity contribution in [2.24, 2.45) is 0 Å². The molecule has 0 unspecified atom stereocenters. The number of hydrogen-bond donors (Lipinski definition) is 3. The molecule has 196 valence electrons. The van der Waals surface area contributed by atoms with E-state index in [1.165, 1.54) is 0 Å². The van der Waals surface area contributed by atoms with E-state index >= 15 is 0 Å². The van der Waals surface area contributed by atoms with Gasteiger partial charge in [0.2, 0.25) is 0 Å². The maximum absolute atomic E-state index is 13.4. The minimum atomic E-state index is -0.387. The third kappa shape index (κ3) is 6.06. The molecule has 2 aromatic heterocycles. The molecule has 5 aromatic rings. The van der Waals surface area contributed by atoms with Crippen molar-refractivity contribution in [1.82, 2.24) is 30.4 Å². The molecule has 2 amide bonds. The second-order valence-corrected chi connectivity index (χ2v) is 9.09. The van der Waals surface area contributed by atoms with Crippen molar-refractivity contribution in [1.29, 1.82) is 0 Å². The molecule has 3 aromatic carbocycles. The number of hydrogen-bond acceptors (Lipinski definition) is 7. The van der Waals surface area contributed by atoms with E-state index in [2.05, 4.69) is 36.4 Å². The SMILES string of the molecule is COc1cccc(NC(=O)c2cc(-c3ccc(Cl)c(Cl)c3)nn2Cc2ccc(C(=O)Nc3nn[nH]n3)cc2)c1. The number of halogens is 2. The van der Waals surface area contributed by atoms with E-state index in [9.17, 15) is 9.59 Å². The highest BCUT2D eigenvalue weighted by Crippen LogP contribution is 2.29. The number of methoxy groups -OCH3 is 1. The number of aromatic amines is 1. The summed E-state index contributed by atoms with van der Waals surface area (Å²) in [4.78, 5) is 25.8. The first-order valence-corrected chi connectivity index (χ1v) is 12.3. The number of tetrazole rings is 1. The van der Waals surface area contributed by atoms with Gasteiger partial charge in [-0.15, -0.1) is 5.10 Å². The summed E-state index contributed by atoms with van der Waals surface area (Å²) in [6.45, 7) is 0.259. The molecular weight excluding hydrogens is 543 g/mol. The number of rotatable bonds is 8. The summed E-state index contributed by atoms with van der Waals surface area (Å²) in [6, 6.07) is 20.7. The number of carbonyl (C=O) groups excluding carboxylic acids is 2. The average molecular weight is 563 g/mol. The first kappa shape index (κ1) is 25.9. The lowest BCUT2D eigenvalue weighted by atomic mass is 10.1. The predicted octanol–water partition coefficient (Wildman–Crippen LogP) is 4.93.